The molecule has 1 aromatic heterocycles. The van der Waals surface area contributed by atoms with Gasteiger partial charge in [-0.3, -0.25) is 10.1 Å². The van der Waals surface area contributed by atoms with E-state index in [1.54, 1.807) is 19.1 Å². The second kappa shape index (κ2) is 5.83. The Kier molecular flexibility index (Phi) is 4.14. The highest BCUT2D eigenvalue weighted by atomic mass is 16.6. The van der Waals surface area contributed by atoms with Gasteiger partial charge in [-0.05, 0) is 26.3 Å². The van der Waals surface area contributed by atoms with Gasteiger partial charge < -0.3 is 9.73 Å². The summed E-state index contributed by atoms with van der Waals surface area (Å²) in [5.41, 5.74) is 2.56. The van der Waals surface area contributed by atoms with Gasteiger partial charge >= 0.3 is 0 Å². The normalized spacial score (nSPS) is 10.8. The Hall–Kier alpha value is -2.21. The summed E-state index contributed by atoms with van der Waals surface area (Å²) in [6.07, 6.45) is 0. The molecule has 1 heterocycles. The molecule has 0 aliphatic heterocycles. The van der Waals surface area contributed by atoms with E-state index >= 15 is 0 Å². The van der Waals surface area contributed by atoms with Crippen LogP contribution in [-0.4, -0.2) is 9.91 Å². The number of nitro benzene ring substituents is 1. The van der Waals surface area contributed by atoms with Crippen LogP contribution in [0.3, 0.4) is 0 Å². The highest BCUT2D eigenvalue weighted by Gasteiger charge is 2.11. The number of aryl methyl sites for hydroxylation is 3. The minimum absolute atomic E-state index is 0.145. The highest BCUT2D eigenvalue weighted by Crippen LogP contribution is 2.19. The van der Waals surface area contributed by atoms with Gasteiger partial charge in [-0.2, -0.15) is 0 Å². The zero-order valence-electron chi connectivity index (χ0n) is 11.8. The Labute approximate surface area is 117 Å². The number of hydrogen-bond acceptors (Lipinski definition) is 5. The second-order valence-corrected chi connectivity index (χ2v) is 4.73. The van der Waals surface area contributed by atoms with Crippen LogP contribution in [0, 0.1) is 30.9 Å². The quantitative estimate of drug-likeness (QED) is 0.670. The molecule has 0 unspecified atom stereocenters. The van der Waals surface area contributed by atoms with E-state index in [0.717, 1.165) is 17.0 Å². The van der Waals surface area contributed by atoms with Crippen LogP contribution in [0.2, 0.25) is 0 Å². The van der Waals surface area contributed by atoms with Crippen molar-refractivity contribution in [2.75, 3.05) is 0 Å². The third kappa shape index (κ3) is 3.21. The lowest BCUT2D eigenvalue weighted by Gasteiger charge is -2.04. The van der Waals surface area contributed by atoms with Crippen LogP contribution < -0.4 is 5.32 Å². The number of benzene rings is 1. The van der Waals surface area contributed by atoms with Gasteiger partial charge in [-0.15, -0.1) is 0 Å². The lowest BCUT2D eigenvalue weighted by atomic mass is 10.1. The summed E-state index contributed by atoms with van der Waals surface area (Å²) in [5.74, 6) is 1.44. The topological polar surface area (TPSA) is 81.2 Å². The summed E-state index contributed by atoms with van der Waals surface area (Å²) in [4.78, 5) is 14.8. The fourth-order valence-electron chi connectivity index (χ4n) is 1.89. The van der Waals surface area contributed by atoms with Gasteiger partial charge in [0.1, 0.15) is 5.76 Å². The molecule has 6 heteroatoms. The van der Waals surface area contributed by atoms with E-state index in [4.69, 9.17) is 4.42 Å². The Bertz CT molecular complexity index is 615. The van der Waals surface area contributed by atoms with Crippen LogP contribution in [0.1, 0.15) is 28.5 Å². The van der Waals surface area contributed by atoms with E-state index in [9.17, 15) is 10.1 Å². The van der Waals surface area contributed by atoms with Gasteiger partial charge in [-0.1, -0.05) is 12.1 Å². The third-order valence-corrected chi connectivity index (χ3v) is 3.15. The van der Waals surface area contributed by atoms with Crippen molar-refractivity contribution in [1.82, 2.24) is 10.3 Å². The summed E-state index contributed by atoms with van der Waals surface area (Å²) in [7, 11) is 0. The number of rotatable bonds is 5. The smallest absolute Gasteiger partial charge is 0.272 e. The van der Waals surface area contributed by atoms with E-state index in [1.165, 1.54) is 0 Å². The predicted molar refractivity (Wildman–Crippen MR) is 74.4 cm³/mol. The van der Waals surface area contributed by atoms with Crippen molar-refractivity contribution in [1.29, 1.82) is 0 Å². The van der Waals surface area contributed by atoms with Crippen LogP contribution in [0.5, 0.6) is 0 Å². The number of nitro groups is 1. The average molecular weight is 275 g/mol. The van der Waals surface area contributed by atoms with Crippen LogP contribution in [-0.2, 0) is 13.1 Å². The Morgan fingerprint density at radius 1 is 1.30 bits per heavy atom. The Morgan fingerprint density at radius 3 is 2.65 bits per heavy atom. The molecule has 2 aromatic rings. The fraction of sp³-hybridized carbons (Fsp3) is 0.357. The molecule has 0 atom stereocenters. The number of oxazole rings is 1. The van der Waals surface area contributed by atoms with Crippen molar-refractivity contribution in [2.45, 2.75) is 33.9 Å². The van der Waals surface area contributed by atoms with Crippen molar-refractivity contribution in [3.63, 3.8) is 0 Å². The molecule has 6 nitrogen and oxygen atoms in total. The van der Waals surface area contributed by atoms with Crippen LogP contribution in [0.4, 0.5) is 5.69 Å². The largest absolute Gasteiger partial charge is 0.444 e. The molecular formula is C14H17N3O3. The van der Waals surface area contributed by atoms with Gasteiger partial charge in [0.2, 0.25) is 5.89 Å². The maximum absolute atomic E-state index is 10.9. The Morgan fingerprint density at radius 2 is 2.05 bits per heavy atom. The van der Waals surface area contributed by atoms with Gasteiger partial charge in [0.25, 0.3) is 5.69 Å². The lowest BCUT2D eigenvalue weighted by molar-refractivity contribution is -0.385. The number of hydrogen-bond donors (Lipinski definition) is 1. The average Bonchev–Trinajstić information content (AvgIpc) is 2.70. The zero-order valence-corrected chi connectivity index (χ0v) is 11.8. The SMILES string of the molecule is Cc1ccc(CNCc2nc(C)c(C)o2)cc1[N+](=O)[O-]. The van der Waals surface area contributed by atoms with Crippen LogP contribution in [0.25, 0.3) is 0 Å². The molecule has 0 saturated heterocycles. The molecule has 2 rings (SSSR count). The summed E-state index contributed by atoms with van der Waals surface area (Å²) < 4.78 is 5.45. The molecule has 0 fully saturated rings. The van der Waals surface area contributed by atoms with Gasteiger partial charge in [0.05, 0.1) is 17.2 Å². The first-order valence-electron chi connectivity index (χ1n) is 6.35. The minimum Gasteiger partial charge on any atom is -0.444 e. The standard InChI is InChI=1S/C14H17N3O3/c1-9-4-5-12(6-13(9)17(18)19)7-15-8-14-16-10(2)11(3)20-14/h4-6,15H,7-8H2,1-3H3. The molecular weight excluding hydrogens is 258 g/mol. The van der Waals surface area contributed by atoms with Gasteiger partial charge in [0.15, 0.2) is 0 Å². The zero-order chi connectivity index (χ0) is 14.7. The molecule has 1 aromatic carbocycles. The Balaban J connectivity index is 1.97. The molecule has 1 N–H and O–H groups in total. The first-order chi connectivity index (χ1) is 9.47. The molecule has 106 valence electrons. The number of nitrogens with one attached hydrogen (secondary N) is 1. The second-order valence-electron chi connectivity index (χ2n) is 4.73. The first kappa shape index (κ1) is 14.2. The van der Waals surface area contributed by atoms with Gasteiger partial charge in [-0.25, -0.2) is 4.98 Å². The van der Waals surface area contributed by atoms with Crippen LogP contribution >= 0.6 is 0 Å². The van der Waals surface area contributed by atoms with E-state index in [0.29, 0.717) is 24.5 Å². The maximum Gasteiger partial charge on any atom is 0.272 e. The predicted octanol–water partition coefficient (Wildman–Crippen LogP) is 2.80. The molecule has 0 amide bonds. The highest BCUT2D eigenvalue weighted by molar-refractivity contribution is 5.42. The van der Waals surface area contributed by atoms with Crippen LogP contribution in [0.15, 0.2) is 22.6 Å². The van der Waals surface area contributed by atoms with Crippen molar-refractivity contribution in [3.05, 3.63) is 56.8 Å². The summed E-state index contributed by atoms with van der Waals surface area (Å²) in [5, 5.41) is 14.0. The lowest BCUT2D eigenvalue weighted by Crippen LogP contribution is -2.13. The molecule has 0 bridgehead atoms. The van der Waals surface area contributed by atoms with E-state index < -0.39 is 0 Å². The van der Waals surface area contributed by atoms with Crippen molar-refractivity contribution < 1.29 is 9.34 Å². The fourth-order valence-corrected chi connectivity index (χ4v) is 1.89. The summed E-state index contributed by atoms with van der Waals surface area (Å²) in [6, 6.07) is 5.23. The molecule has 0 saturated carbocycles. The van der Waals surface area contributed by atoms with Crippen molar-refractivity contribution in [2.24, 2.45) is 0 Å². The third-order valence-electron chi connectivity index (χ3n) is 3.15. The summed E-state index contributed by atoms with van der Waals surface area (Å²) in [6.45, 7) is 6.52. The number of aromatic nitrogens is 1. The monoisotopic (exact) mass is 275 g/mol. The maximum atomic E-state index is 10.9. The first-order valence-corrected chi connectivity index (χ1v) is 6.35. The molecule has 0 radical (unpaired) electrons. The van der Waals surface area contributed by atoms with Crippen molar-refractivity contribution >= 4 is 5.69 Å². The number of nitrogens with zero attached hydrogens (tertiary/aromatic N) is 2. The molecule has 0 aliphatic carbocycles. The van der Waals surface area contributed by atoms with Gasteiger partial charge in [0, 0.05) is 18.2 Å². The summed E-state index contributed by atoms with van der Waals surface area (Å²) >= 11 is 0. The van der Waals surface area contributed by atoms with E-state index in [-0.39, 0.29) is 10.6 Å². The van der Waals surface area contributed by atoms with E-state index in [2.05, 4.69) is 10.3 Å². The molecule has 20 heavy (non-hydrogen) atoms. The van der Waals surface area contributed by atoms with E-state index in [1.807, 2.05) is 19.9 Å². The minimum atomic E-state index is -0.361. The molecule has 0 aliphatic rings. The molecule has 0 spiro atoms. The van der Waals surface area contributed by atoms with Crippen molar-refractivity contribution in [3.8, 4) is 0 Å².